The van der Waals surface area contributed by atoms with E-state index in [1.165, 1.54) is 40.8 Å². The van der Waals surface area contributed by atoms with Crippen LogP contribution in [-0.2, 0) is 11.3 Å². The molecule has 0 aliphatic heterocycles. The van der Waals surface area contributed by atoms with E-state index in [2.05, 4.69) is 4.98 Å². The lowest BCUT2D eigenvalue weighted by Crippen LogP contribution is -2.22. The van der Waals surface area contributed by atoms with Crippen LogP contribution in [0.25, 0.3) is 10.2 Å². The van der Waals surface area contributed by atoms with Crippen molar-refractivity contribution in [2.75, 3.05) is 6.61 Å². The average Bonchev–Trinajstić information content (AvgIpc) is 3.11. The van der Waals surface area contributed by atoms with Crippen LogP contribution in [0.2, 0.25) is 0 Å². The molecule has 0 saturated heterocycles. The smallest absolute Gasteiger partial charge is 0.341 e. The number of hydrogen-bond donors (Lipinski definition) is 0. The van der Waals surface area contributed by atoms with Crippen LogP contribution >= 0.6 is 11.3 Å². The summed E-state index contributed by atoms with van der Waals surface area (Å²) in [6.07, 6.45) is 4.17. The molecule has 3 aromatic heterocycles. The fourth-order valence-corrected chi connectivity index (χ4v) is 2.53. The van der Waals surface area contributed by atoms with Crippen molar-refractivity contribution in [3.63, 3.8) is 0 Å². The first-order valence-electron chi connectivity index (χ1n) is 5.87. The first kappa shape index (κ1) is 12.6. The summed E-state index contributed by atoms with van der Waals surface area (Å²) in [5.74, 6) is -0.475. The van der Waals surface area contributed by atoms with Crippen molar-refractivity contribution in [3.8, 4) is 0 Å². The molecule has 0 N–H and O–H groups in total. The minimum Gasteiger partial charge on any atom is -0.472 e. The molecular weight excluding hydrogens is 280 g/mol. The second-order valence-corrected chi connectivity index (χ2v) is 4.94. The summed E-state index contributed by atoms with van der Waals surface area (Å²) in [6.45, 7) is 0.367. The third kappa shape index (κ3) is 2.35. The number of aromatic nitrogens is 2. The number of rotatable bonds is 4. The van der Waals surface area contributed by atoms with Crippen LogP contribution in [0.4, 0.5) is 0 Å². The first-order valence-corrected chi connectivity index (χ1v) is 6.75. The molecule has 6 nitrogen and oxygen atoms in total. The lowest BCUT2D eigenvalue weighted by Gasteiger charge is -2.05. The molecule has 3 aromatic rings. The van der Waals surface area contributed by atoms with Crippen LogP contribution in [0.5, 0.6) is 0 Å². The van der Waals surface area contributed by atoms with Crippen molar-refractivity contribution in [2.45, 2.75) is 6.54 Å². The monoisotopic (exact) mass is 290 g/mol. The lowest BCUT2D eigenvalue weighted by atomic mass is 10.3. The number of carbonyl (C=O) groups excluding carboxylic acids is 1. The summed E-state index contributed by atoms with van der Waals surface area (Å²) in [4.78, 5) is 27.8. The molecule has 0 atom stereocenters. The number of nitrogens with zero attached hydrogens (tertiary/aromatic N) is 2. The van der Waals surface area contributed by atoms with Gasteiger partial charge in [-0.15, -0.1) is 11.3 Å². The highest BCUT2D eigenvalue weighted by Crippen LogP contribution is 2.13. The Morgan fingerprint density at radius 1 is 1.45 bits per heavy atom. The summed E-state index contributed by atoms with van der Waals surface area (Å²) in [5, 5.41) is 1.82. The molecule has 0 aliphatic rings. The molecule has 0 unspecified atom stereocenters. The predicted octanol–water partition coefficient (Wildman–Crippen LogP) is 1.91. The molecule has 3 heterocycles. The van der Waals surface area contributed by atoms with E-state index in [1.54, 1.807) is 6.07 Å². The van der Waals surface area contributed by atoms with Crippen LogP contribution in [0.1, 0.15) is 10.4 Å². The molecule has 0 amide bonds. The maximum atomic E-state index is 12.1. The average molecular weight is 290 g/mol. The van der Waals surface area contributed by atoms with Crippen molar-refractivity contribution in [3.05, 3.63) is 52.3 Å². The minimum absolute atomic E-state index is 0.0997. The molecule has 102 valence electrons. The minimum atomic E-state index is -0.475. The second kappa shape index (κ2) is 5.30. The van der Waals surface area contributed by atoms with E-state index in [1.807, 2.05) is 5.38 Å². The zero-order chi connectivity index (χ0) is 13.9. The summed E-state index contributed by atoms with van der Waals surface area (Å²) in [6, 6.07) is 3.32. The number of hydrogen-bond acceptors (Lipinski definition) is 6. The zero-order valence-electron chi connectivity index (χ0n) is 10.3. The Kier molecular flexibility index (Phi) is 3.34. The molecule has 0 aromatic carbocycles. The molecule has 3 rings (SSSR count). The van der Waals surface area contributed by atoms with E-state index in [-0.39, 0.29) is 18.7 Å². The van der Waals surface area contributed by atoms with E-state index in [9.17, 15) is 9.59 Å². The van der Waals surface area contributed by atoms with Gasteiger partial charge >= 0.3 is 5.97 Å². The number of thiophene rings is 1. The van der Waals surface area contributed by atoms with E-state index in [0.29, 0.717) is 15.8 Å². The summed E-state index contributed by atoms with van der Waals surface area (Å²) < 4.78 is 11.9. The maximum absolute atomic E-state index is 12.1. The van der Waals surface area contributed by atoms with E-state index in [4.69, 9.17) is 9.15 Å². The van der Waals surface area contributed by atoms with Gasteiger partial charge in [0.15, 0.2) is 0 Å². The first-order chi connectivity index (χ1) is 9.75. The number of fused-ring (bicyclic) bond motifs is 1. The topological polar surface area (TPSA) is 74.3 Å². The van der Waals surface area contributed by atoms with Gasteiger partial charge in [-0.25, -0.2) is 9.78 Å². The largest absolute Gasteiger partial charge is 0.472 e. The van der Waals surface area contributed by atoms with Crippen molar-refractivity contribution in [1.82, 2.24) is 9.55 Å². The maximum Gasteiger partial charge on any atom is 0.341 e. The third-order valence-electron chi connectivity index (χ3n) is 2.76. The van der Waals surface area contributed by atoms with Crippen LogP contribution in [0.3, 0.4) is 0 Å². The molecule has 20 heavy (non-hydrogen) atoms. The van der Waals surface area contributed by atoms with Crippen LogP contribution in [0, 0.1) is 0 Å². The van der Waals surface area contributed by atoms with Gasteiger partial charge in [-0.2, -0.15) is 0 Å². The lowest BCUT2D eigenvalue weighted by molar-refractivity contribution is 0.0489. The number of carbonyl (C=O) groups is 1. The Hall–Kier alpha value is -2.41. The van der Waals surface area contributed by atoms with Crippen molar-refractivity contribution < 1.29 is 13.9 Å². The summed E-state index contributed by atoms with van der Waals surface area (Å²) >= 11 is 1.35. The summed E-state index contributed by atoms with van der Waals surface area (Å²) in [7, 11) is 0. The van der Waals surface area contributed by atoms with E-state index >= 15 is 0 Å². The number of esters is 1. The van der Waals surface area contributed by atoms with Gasteiger partial charge in [0.05, 0.1) is 30.2 Å². The van der Waals surface area contributed by atoms with E-state index < -0.39 is 5.97 Å². The molecule has 0 fully saturated rings. The molecule has 0 bridgehead atoms. The van der Waals surface area contributed by atoms with Crippen molar-refractivity contribution in [2.24, 2.45) is 0 Å². The number of ether oxygens (including phenoxy) is 1. The Morgan fingerprint density at radius 2 is 2.35 bits per heavy atom. The quantitative estimate of drug-likeness (QED) is 0.686. The van der Waals surface area contributed by atoms with Gasteiger partial charge in [-0.1, -0.05) is 0 Å². The molecule has 7 heteroatoms. The zero-order valence-corrected chi connectivity index (χ0v) is 11.1. The molecule has 0 saturated carbocycles. The third-order valence-corrected chi connectivity index (χ3v) is 3.65. The molecule has 0 spiro atoms. The Labute approximate surface area is 117 Å². The standard InChI is InChI=1S/C13H10N2O4S/c16-12-11-10(2-6-20-11)14-8-15(12)3-5-19-13(17)9-1-4-18-7-9/h1-2,4,6-8H,3,5H2. The van der Waals surface area contributed by atoms with E-state index in [0.717, 1.165) is 0 Å². The molecule has 0 aliphatic carbocycles. The second-order valence-electron chi connectivity index (χ2n) is 4.03. The number of furan rings is 1. The summed E-state index contributed by atoms with van der Waals surface area (Å²) in [5.41, 5.74) is 0.917. The Bertz CT molecular complexity index is 788. The normalized spacial score (nSPS) is 10.8. The van der Waals surface area contributed by atoms with Gasteiger partial charge in [0.25, 0.3) is 5.56 Å². The highest BCUT2D eigenvalue weighted by Gasteiger charge is 2.09. The predicted molar refractivity (Wildman–Crippen MR) is 72.9 cm³/mol. The highest BCUT2D eigenvalue weighted by atomic mass is 32.1. The van der Waals surface area contributed by atoms with Gasteiger partial charge < -0.3 is 9.15 Å². The fraction of sp³-hybridized carbons (Fsp3) is 0.154. The highest BCUT2D eigenvalue weighted by molar-refractivity contribution is 7.17. The molecular formula is C13H10N2O4S. The Morgan fingerprint density at radius 3 is 3.15 bits per heavy atom. The van der Waals surface area contributed by atoms with Crippen LogP contribution in [0.15, 0.2) is 45.6 Å². The molecule has 0 radical (unpaired) electrons. The van der Waals surface area contributed by atoms with Crippen LogP contribution in [-0.4, -0.2) is 22.1 Å². The van der Waals surface area contributed by atoms with Crippen molar-refractivity contribution >= 4 is 27.5 Å². The van der Waals surface area contributed by atoms with Gasteiger partial charge in [-0.05, 0) is 17.5 Å². The fourth-order valence-electron chi connectivity index (χ4n) is 1.74. The van der Waals surface area contributed by atoms with Gasteiger partial charge in [0.2, 0.25) is 0 Å². The van der Waals surface area contributed by atoms with Gasteiger partial charge in [-0.3, -0.25) is 9.36 Å². The Balaban J connectivity index is 1.67. The van der Waals surface area contributed by atoms with Gasteiger partial charge in [0, 0.05) is 0 Å². The van der Waals surface area contributed by atoms with Gasteiger partial charge in [0.1, 0.15) is 17.6 Å². The van der Waals surface area contributed by atoms with Crippen LogP contribution < -0.4 is 5.56 Å². The SMILES string of the molecule is O=C(OCCn1cnc2ccsc2c1=O)c1ccoc1. The van der Waals surface area contributed by atoms with Crippen molar-refractivity contribution in [1.29, 1.82) is 0 Å².